The second-order valence-electron chi connectivity index (χ2n) is 9.59. The van der Waals surface area contributed by atoms with Crippen molar-refractivity contribution in [3.05, 3.63) is 71.3 Å². The van der Waals surface area contributed by atoms with Crippen LogP contribution in [0.25, 0.3) is 11.1 Å². The number of morpholine rings is 1. The molecule has 1 fully saturated rings. The number of nitrogens with one attached hydrogen (secondary N) is 1. The summed E-state index contributed by atoms with van der Waals surface area (Å²) in [5.74, 6) is -0.668. The van der Waals surface area contributed by atoms with Gasteiger partial charge in [-0.25, -0.2) is 0 Å². The van der Waals surface area contributed by atoms with Crippen molar-refractivity contribution in [1.29, 1.82) is 5.26 Å². The molecule has 0 spiro atoms. The molecule has 2 aliphatic heterocycles. The Kier molecular flexibility index (Phi) is 6.12. The van der Waals surface area contributed by atoms with E-state index in [1.807, 2.05) is 26.0 Å². The van der Waals surface area contributed by atoms with E-state index in [2.05, 4.69) is 21.3 Å². The van der Waals surface area contributed by atoms with Crippen LogP contribution in [-0.4, -0.2) is 41.7 Å². The predicted octanol–water partition coefficient (Wildman–Crippen LogP) is 5.01. The molecular formula is C27H24F3N5O2. The number of carbonyl (C=O) groups is 1. The van der Waals surface area contributed by atoms with Crippen LogP contribution in [0.1, 0.15) is 34.2 Å². The molecule has 0 bridgehead atoms. The van der Waals surface area contributed by atoms with E-state index in [1.165, 1.54) is 6.07 Å². The number of amides is 1. The number of ether oxygens (including phenoxy) is 1. The zero-order valence-corrected chi connectivity index (χ0v) is 20.3. The highest BCUT2D eigenvalue weighted by atomic mass is 19.4. The van der Waals surface area contributed by atoms with Gasteiger partial charge in [-0.1, -0.05) is 6.07 Å². The number of fused-ring (bicyclic) bond motifs is 3. The summed E-state index contributed by atoms with van der Waals surface area (Å²) in [5.41, 5.74) is 2.99. The fraction of sp³-hybridized carbons (Fsp3) is 0.333. The Balaban J connectivity index is 1.45. The van der Waals surface area contributed by atoms with E-state index >= 15 is 0 Å². The Hall–Kier alpha value is -3.97. The monoisotopic (exact) mass is 507 g/mol. The first-order valence-corrected chi connectivity index (χ1v) is 11.8. The van der Waals surface area contributed by atoms with Crippen LogP contribution in [0.2, 0.25) is 0 Å². The average molecular weight is 508 g/mol. The van der Waals surface area contributed by atoms with E-state index in [9.17, 15) is 23.2 Å². The quantitative estimate of drug-likeness (QED) is 0.536. The van der Waals surface area contributed by atoms with Gasteiger partial charge in [-0.2, -0.15) is 18.4 Å². The maximum absolute atomic E-state index is 13.0. The third-order valence-corrected chi connectivity index (χ3v) is 7.03. The first-order valence-electron chi connectivity index (χ1n) is 11.8. The van der Waals surface area contributed by atoms with E-state index < -0.39 is 23.2 Å². The van der Waals surface area contributed by atoms with Gasteiger partial charge in [-0.05, 0) is 55.3 Å². The minimum atomic E-state index is -4.64. The van der Waals surface area contributed by atoms with Crippen LogP contribution in [0.3, 0.4) is 0 Å². The number of nitriles is 1. The molecule has 1 aromatic carbocycles. The van der Waals surface area contributed by atoms with Crippen molar-refractivity contribution in [3.63, 3.8) is 0 Å². The molecular weight excluding hydrogens is 483 g/mol. The second-order valence-corrected chi connectivity index (χ2v) is 9.59. The molecule has 2 aromatic heterocycles. The van der Waals surface area contributed by atoms with Crippen LogP contribution in [-0.2, 0) is 17.3 Å². The third kappa shape index (κ3) is 4.62. The second kappa shape index (κ2) is 9.16. The maximum atomic E-state index is 13.0. The minimum absolute atomic E-state index is 0.0792. The van der Waals surface area contributed by atoms with E-state index in [4.69, 9.17) is 9.72 Å². The highest BCUT2D eigenvalue weighted by Crippen LogP contribution is 2.43. The summed E-state index contributed by atoms with van der Waals surface area (Å²) < 4.78 is 44.7. The molecule has 0 radical (unpaired) electrons. The predicted molar refractivity (Wildman–Crippen MR) is 131 cm³/mol. The molecule has 1 saturated heterocycles. The summed E-state index contributed by atoms with van der Waals surface area (Å²) in [4.78, 5) is 22.9. The Morgan fingerprint density at radius 3 is 2.81 bits per heavy atom. The number of nitrogens with zero attached hydrogens (tertiary/aromatic N) is 4. The fourth-order valence-electron chi connectivity index (χ4n) is 4.95. The minimum Gasteiger partial charge on any atom is -0.377 e. The summed E-state index contributed by atoms with van der Waals surface area (Å²) in [6, 6.07) is 11.7. The number of hydrogen-bond acceptors (Lipinski definition) is 6. The molecule has 190 valence electrons. The Morgan fingerprint density at radius 1 is 1.24 bits per heavy atom. The number of aryl methyl sites for hydroxylation is 1. The lowest BCUT2D eigenvalue weighted by Crippen LogP contribution is -2.57. The molecule has 2 aliphatic rings. The van der Waals surface area contributed by atoms with Crippen LogP contribution < -0.4 is 10.2 Å². The number of rotatable bonds is 3. The zero-order valence-electron chi connectivity index (χ0n) is 20.3. The van der Waals surface area contributed by atoms with Crippen molar-refractivity contribution >= 4 is 17.3 Å². The summed E-state index contributed by atoms with van der Waals surface area (Å²) in [6.45, 7) is 5.56. The first kappa shape index (κ1) is 24.7. The normalized spacial score (nSPS) is 21.0. The Labute approximate surface area is 211 Å². The van der Waals surface area contributed by atoms with Crippen molar-refractivity contribution in [2.45, 2.75) is 32.5 Å². The Morgan fingerprint density at radius 2 is 2.05 bits per heavy atom. The molecule has 0 unspecified atom stereocenters. The lowest BCUT2D eigenvalue weighted by atomic mass is 9.75. The van der Waals surface area contributed by atoms with E-state index in [0.717, 1.165) is 40.3 Å². The van der Waals surface area contributed by atoms with Crippen LogP contribution >= 0.6 is 0 Å². The summed E-state index contributed by atoms with van der Waals surface area (Å²) in [6.07, 6.45) is -1.40. The smallest absolute Gasteiger partial charge is 0.377 e. The van der Waals surface area contributed by atoms with Crippen molar-refractivity contribution in [2.24, 2.45) is 5.41 Å². The van der Waals surface area contributed by atoms with Gasteiger partial charge >= 0.3 is 6.18 Å². The summed E-state index contributed by atoms with van der Waals surface area (Å²) in [5, 5.41) is 12.6. The molecule has 1 amide bonds. The maximum Gasteiger partial charge on any atom is 0.433 e. The SMILES string of the molecule is Cc1ccc(NC(=O)c2ccnc(C(F)(F)F)c2)cc1-c1cnc2c(c1)N1CCOC[C@@H]1[C@@](C)(C#N)C2. The van der Waals surface area contributed by atoms with Crippen LogP contribution in [0.5, 0.6) is 0 Å². The van der Waals surface area contributed by atoms with Crippen molar-refractivity contribution in [2.75, 3.05) is 30.0 Å². The van der Waals surface area contributed by atoms with Gasteiger partial charge in [-0.15, -0.1) is 0 Å². The molecule has 2 atom stereocenters. The number of alkyl halides is 3. The number of anilines is 2. The van der Waals surface area contributed by atoms with E-state index in [1.54, 1.807) is 18.3 Å². The summed E-state index contributed by atoms with van der Waals surface area (Å²) >= 11 is 0. The number of aromatic nitrogens is 2. The van der Waals surface area contributed by atoms with Crippen LogP contribution in [0.4, 0.5) is 24.5 Å². The first-order chi connectivity index (χ1) is 17.6. The molecule has 10 heteroatoms. The number of benzene rings is 1. The molecule has 37 heavy (non-hydrogen) atoms. The van der Waals surface area contributed by atoms with E-state index in [-0.39, 0.29) is 11.6 Å². The molecule has 7 nitrogen and oxygen atoms in total. The number of pyridine rings is 2. The van der Waals surface area contributed by atoms with Crippen molar-refractivity contribution in [1.82, 2.24) is 9.97 Å². The van der Waals surface area contributed by atoms with Crippen LogP contribution in [0.15, 0.2) is 48.8 Å². The fourth-order valence-corrected chi connectivity index (χ4v) is 4.95. The third-order valence-electron chi connectivity index (χ3n) is 7.03. The number of halogens is 3. The van der Waals surface area contributed by atoms with Gasteiger partial charge < -0.3 is 15.0 Å². The highest BCUT2D eigenvalue weighted by molar-refractivity contribution is 6.04. The van der Waals surface area contributed by atoms with Gasteiger partial charge in [0.05, 0.1) is 42.1 Å². The molecule has 0 saturated carbocycles. The van der Waals surface area contributed by atoms with Crippen molar-refractivity contribution < 1.29 is 22.7 Å². The average Bonchev–Trinajstić information content (AvgIpc) is 2.89. The van der Waals surface area contributed by atoms with Gasteiger partial charge in [0.1, 0.15) is 5.69 Å². The van der Waals surface area contributed by atoms with Gasteiger partial charge in [0.15, 0.2) is 0 Å². The zero-order chi connectivity index (χ0) is 26.4. The largest absolute Gasteiger partial charge is 0.433 e. The van der Waals surface area contributed by atoms with Gasteiger partial charge in [0.25, 0.3) is 5.91 Å². The van der Waals surface area contributed by atoms with Gasteiger partial charge in [0, 0.05) is 42.2 Å². The van der Waals surface area contributed by atoms with Gasteiger partial charge in [-0.3, -0.25) is 14.8 Å². The number of hydrogen-bond donors (Lipinski definition) is 1. The number of carbonyl (C=O) groups excluding carboxylic acids is 1. The standard InChI is InChI=1S/C27H24F3N5O2/c1-16-3-4-19(34-25(36)17-5-6-32-23(10-17)27(28,29)30)11-20(16)18-9-22-21(33-13-18)12-26(2,15-31)24-14-37-8-7-35(22)24/h3-6,9-11,13,24H,7-8,12,14H2,1-2H3,(H,34,36)/t24-,26-/m1/s1. The lowest BCUT2D eigenvalue weighted by Gasteiger charge is -2.48. The molecule has 1 N–H and O–H groups in total. The molecule has 5 rings (SSSR count). The van der Waals surface area contributed by atoms with E-state index in [0.29, 0.717) is 31.9 Å². The van der Waals surface area contributed by atoms with Gasteiger partial charge in [0.2, 0.25) is 0 Å². The van der Waals surface area contributed by atoms with Crippen molar-refractivity contribution in [3.8, 4) is 17.2 Å². The Bertz CT molecular complexity index is 1420. The molecule has 0 aliphatic carbocycles. The molecule has 3 aromatic rings. The molecule has 4 heterocycles. The topological polar surface area (TPSA) is 91.1 Å². The van der Waals surface area contributed by atoms with Crippen LogP contribution in [0, 0.1) is 23.7 Å². The summed E-state index contributed by atoms with van der Waals surface area (Å²) in [7, 11) is 0. The highest BCUT2D eigenvalue weighted by Gasteiger charge is 2.46. The lowest BCUT2D eigenvalue weighted by molar-refractivity contribution is -0.141.